The average molecular weight is 315 g/mol. The second-order valence-corrected chi connectivity index (χ2v) is 6.36. The molecule has 0 bridgehead atoms. The van der Waals surface area contributed by atoms with Crippen LogP contribution in [0.1, 0.15) is 37.8 Å². The maximum Gasteiger partial charge on any atom is 0.0496 e. The number of nitrogens with zero attached hydrogens (tertiary/aromatic N) is 1. The predicted molar refractivity (Wildman–Crippen MR) is 105 cm³/mol. The number of rotatable bonds is 5. The van der Waals surface area contributed by atoms with E-state index < -0.39 is 0 Å². The lowest BCUT2D eigenvalue weighted by atomic mass is 9.93. The van der Waals surface area contributed by atoms with Crippen molar-refractivity contribution in [2.75, 3.05) is 4.90 Å². The first-order valence-electron chi connectivity index (χ1n) is 8.74. The molecule has 0 aromatic heterocycles. The monoisotopic (exact) mass is 315 g/mol. The second kappa shape index (κ2) is 7.35. The van der Waals surface area contributed by atoms with Gasteiger partial charge in [-0.05, 0) is 53.8 Å². The Kier molecular flexibility index (Phi) is 5.00. The lowest BCUT2D eigenvalue weighted by molar-refractivity contribution is 0.843. The lowest BCUT2D eigenvalue weighted by Crippen LogP contribution is -2.13. The fourth-order valence-electron chi connectivity index (χ4n) is 3.31. The van der Waals surface area contributed by atoms with Gasteiger partial charge in [-0.15, -0.1) is 0 Å². The van der Waals surface area contributed by atoms with Gasteiger partial charge in [0.05, 0.1) is 0 Å². The second-order valence-electron chi connectivity index (χ2n) is 6.36. The van der Waals surface area contributed by atoms with Crippen LogP contribution in [0.25, 0.3) is 0 Å². The maximum absolute atomic E-state index is 2.37. The van der Waals surface area contributed by atoms with Crippen LogP contribution in [0.4, 0.5) is 17.1 Å². The van der Waals surface area contributed by atoms with Crippen LogP contribution in [0.3, 0.4) is 0 Å². The van der Waals surface area contributed by atoms with Crippen LogP contribution in [0.2, 0.25) is 0 Å². The van der Waals surface area contributed by atoms with Crippen molar-refractivity contribution < 1.29 is 0 Å². The van der Waals surface area contributed by atoms with E-state index in [0.717, 1.165) is 6.42 Å². The molecule has 0 aliphatic carbocycles. The summed E-state index contributed by atoms with van der Waals surface area (Å²) in [5, 5.41) is 0. The molecule has 24 heavy (non-hydrogen) atoms. The van der Waals surface area contributed by atoms with E-state index in [9.17, 15) is 0 Å². The van der Waals surface area contributed by atoms with Gasteiger partial charge in [0.2, 0.25) is 0 Å². The topological polar surface area (TPSA) is 3.24 Å². The van der Waals surface area contributed by atoms with Crippen molar-refractivity contribution in [3.8, 4) is 0 Å². The van der Waals surface area contributed by atoms with Gasteiger partial charge in [0.15, 0.2) is 0 Å². The van der Waals surface area contributed by atoms with Crippen LogP contribution < -0.4 is 4.90 Å². The van der Waals surface area contributed by atoms with Crippen molar-refractivity contribution in [2.45, 2.75) is 33.1 Å². The molecule has 1 nitrogen and oxygen atoms in total. The summed E-state index contributed by atoms with van der Waals surface area (Å²) in [6.07, 6.45) is 1.03. The zero-order valence-corrected chi connectivity index (χ0v) is 14.7. The van der Waals surface area contributed by atoms with Crippen LogP contribution in [0.5, 0.6) is 0 Å². The first kappa shape index (κ1) is 16.3. The minimum absolute atomic E-state index is 0.522. The van der Waals surface area contributed by atoms with Crippen LogP contribution >= 0.6 is 0 Å². The average Bonchev–Trinajstić information content (AvgIpc) is 2.63. The molecule has 3 aromatic carbocycles. The highest BCUT2D eigenvalue weighted by Gasteiger charge is 2.17. The summed E-state index contributed by atoms with van der Waals surface area (Å²) in [7, 11) is 0. The molecule has 3 rings (SSSR count). The van der Waals surface area contributed by atoms with Crippen molar-refractivity contribution in [3.63, 3.8) is 0 Å². The molecule has 0 saturated carbocycles. The Morgan fingerprint density at radius 1 is 0.708 bits per heavy atom. The van der Waals surface area contributed by atoms with E-state index in [-0.39, 0.29) is 0 Å². The van der Waals surface area contributed by atoms with Gasteiger partial charge in [0, 0.05) is 17.1 Å². The summed E-state index contributed by atoms with van der Waals surface area (Å²) in [6, 6.07) is 27.9. The SMILES string of the molecule is CCc1c(C(C)C)cccc1N(c1ccccc1)c1ccccc1. The number of hydrogen-bond acceptors (Lipinski definition) is 1. The summed E-state index contributed by atoms with van der Waals surface area (Å²) >= 11 is 0. The molecule has 122 valence electrons. The van der Waals surface area contributed by atoms with E-state index in [1.54, 1.807) is 0 Å². The largest absolute Gasteiger partial charge is 0.310 e. The third-order valence-corrected chi connectivity index (χ3v) is 4.43. The van der Waals surface area contributed by atoms with Crippen LogP contribution in [-0.2, 0) is 6.42 Å². The molecule has 1 heteroatoms. The number of hydrogen-bond donors (Lipinski definition) is 0. The fraction of sp³-hybridized carbons (Fsp3) is 0.217. The molecular weight excluding hydrogens is 290 g/mol. The molecule has 3 aromatic rings. The van der Waals surface area contributed by atoms with Gasteiger partial charge < -0.3 is 4.90 Å². The van der Waals surface area contributed by atoms with Gasteiger partial charge in [-0.25, -0.2) is 0 Å². The Bertz CT molecular complexity index is 736. The molecular formula is C23H25N. The molecule has 0 amide bonds. The van der Waals surface area contributed by atoms with E-state index in [2.05, 4.69) is 105 Å². The van der Waals surface area contributed by atoms with Gasteiger partial charge >= 0.3 is 0 Å². The Balaban J connectivity index is 2.22. The Morgan fingerprint density at radius 2 is 1.25 bits per heavy atom. The Hall–Kier alpha value is -2.54. The molecule has 0 radical (unpaired) electrons. The van der Waals surface area contributed by atoms with Gasteiger partial charge in [0.25, 0.3) is 0 Å². The summed E-state index contributed by atoms with van der Waals surface area (Å²) in [6.45, 7) is 6.79. The standard InChI is InChI=1S/C23H25N/c1-4-21-22(18(2)3)16-11-17-23(21)24(19-12-7-5-8-13-19)20-14-9-6-10-15-20/h5-18H,4H2,1-3H3. The number of benzene rings is 3. The molecule has 0 aliphatic rings. The quantitative estimate of drug-likeness (QED) is 0.498. The van der Waals surface area contributed by atoms with E-state index in [4.69, 9.17) is 0 Å². The number of anilines is 3. The minimum Gasteiger partial charge on any atom is -0.310 e. The van der Waals surface area contributed by atoms with Gasteiger partial charge in [-0.2, -0.15) is 0 Å². The zero-order chi connectivity index (χ0) is 16.9. The number of para-hydroxylation sites is 2. The van der Waals surface area contributed by atoms with E-state index in [1.807, 2.05) is 0 Å². The first-order valence-corrected chi connectivity index (χ1v) is 8.74. The Labute approximate surface area is 145 Å². The highest BCUT2D eigenvalue weighted by atomic mass is 15.1. The summed E-state index contributed by atoms with van der Waals surface area (Å²) in [5.74, 6) is 0.522. The summed E-state index contributed by atoms with van der Waals surface area (Å²) in [4.78, 5) is 2.37. The molecule has 0 unspecified atom stereocenters. The maximum atomic E-state index is 2.37. The van der Waals surface area contributed by atoms with E-state index in [1.165, 1.54) is 28.2 Å². The normalized spacial score (nSPS) is 10.8. The van der Waals surface area contributed by atoms with E-state index >= 15 is 0 Å². The molecule has 0 fully saturated rings. The summed E-state index contributed by atoms with van der Waals surface area (Å²) < 4.78 is 0. The van der Waals surface area contributed by atoms with E-state index in [0.29, 0.717) is 5.92 Å². The summed E-state index contributed by atoms with van der Waals surface area (Å²) in [5.41, 5.74) is 6.53. The molecule has 0 heterocycles. The lowest BCUT2D eigenvalue weighted by Gasteiger charge is -2.29. The first-order chi connectivity index (χ1) is 11.7. The van der Waals surface area contributed by atoms with Crippen LogP contribution in [0, 0.1) is 0 Å². The highest BCUT2D eigenvalue weighted by Crippen LogP contribution is 2.38. The van der Waals surface area contributed by atoms with Crippen LogP contribution in [-0.4, -0.2) is 0 Å². The zero-order valence-electron chi connectivity index (χ0n) is 14.7. The van der Waals surface area contributed by atoms with Gasteiger partial charge in [-0.3, -0.25) is 0 Å². The predicted octanol–water partition coefficient (Wildman–Crippen LogP) is 6.84. The fourth-order valence-corrected chi connectivity index (χ4v) is 3.31. The third kappa shape index (κ3) is 3.21. The van der Waals surface area contributed by atoms with Crippen molar-refractivity contribution in [3.05, 3.63) is 90.0 Å². The van der Waals surface area contributed by atoms with Crippen molar-refractivity contribution in [1.29, 1.82) is 0 Å². The van der Waals surface area contributed by atoms with Crippen LogP contribution in [0.15, 0.2) is 78.9 Å². The van der Waals surface area contributed by atoms with Gasteiger partial charge in [-0.1, -0.05) is 69.3 Å². The van der Waals surface area contributed by atoms with Crippen molar-refractivity contribution in [1.82, 2.24) is 0 Å². The molecule has 0 spiro atoms. The highest BCUT2D eigenvalue weighted by molar-refractivity contribution is 5.79. The smallest absolute Gasteiger partial charge is 0.0496 e. The third-order valence-electron chi connectivity index (χ3n) is 4.43. The molecule has 0 aliphatic heterocycles. The van der Waals surface area contributed by atoms with Crippen molar-refractivity contribution >= 4 is 17.1 Å². The minimum atomic E-state index is 0.522. The van der Waals surface area contributed by atoms with Crippen molar-refractivity contribution in [2.24, 2.45) is 0 Å². The van der Waals surface area contributed by atoms with Gasteiger partial charge in [0.1, 0.15) is 0 Å². The Morgan fingerprint density at radius 3 is 1.71 bits per heavy atom. The molecule has 0 N–H and O–H groups in total. The molecule has 0 saturated heterocycles. The molecule has 0 atom stereocenters.